The van der Waals surface area contributed by atoms with Crippen molar-refractivity contribution in [3.8, 4) is 0 Å². The molecule has 2 fully saturated rings. The monoisotopic (exact) mass is 254 g/mol. The van der Waals surface area contributed by atoms with E-state index in [0.717, 1.165) is 19.1 Å². The fourth-order valence-electron chi connectivity index (χ4n) is 3.39. The van der Waals surface area contributed by atoms with E-state index in [1.807, 2.05) is 0 Å². The third-order valence-corrected chi connectivity index (χ3v) is 4.43. The van der Waals surface area contributed by atoms with Gasteiger partial charge in [0.25, 0.3) is 0 Å². The Bertz CT molecular complexity index is 221. The number of hydrogen-bond acceptors (Lipinski definition) is 3. The van der Waals surface area contributed by atoms with Crippen LogP contribution in [0.4, 0.5) is 0 Å². The van der Waals surface area contributed by atoms with Gasteiger partial charge >= 0.3 is 0 Å². The molecule has 1 aliphatic heterocycles. The minimum atomic E-state index is 0.471. The molecule has 0 radical (unpaired) electrons. The fourth-order valence-corrected chi connectivity index (χ4v) is 3.39. The summed E-state index contributed by atoms with van der Waals surface area (Å²) in [5.74, 6) is 0.873. The van der Waals surface area contributed by atoms with Gasteiger partial charge in [0.1, 0.15) is 0 Å². The van der Waals surface area contributed by atoms with Gasteiger partial charge in [0.05, 0.1) is 6.10 Å². The number of nitrogens with two attached hydrogens (primary N) is 1. The summed E-state index contributed by atoms with van der Waals surface area (Å²) in [4.78, 5) is 2.64. The molecule has 1 saturated heterocycles. The predicted octanol–water partition coefficient (Wildman–Crippen LogP) is 2.39. The Labute approximate surface area is 112 Å². The van der Waals surface area contributed by atoms with Crippen LogP contribution >= 0.6 is 0 Å². The zero-order chi connectivity index (χ0) is 12.8. The molecule has 2 rings (SSSR count). The second-order valence-corrected chi connectivity index (χ2v) is 6.18. The van der Waals surface area contributed by atoms with Crippen LogP contribution in [0.2, 0.25) is 0 Å². The smallest absolute Gasteiger partial charge is 0.0702 e. The highest BCUT2D eigenvalue weighted by atomic mass is 16.5. The Hall–Kier alpha value is -0.120. The number of ether oxygens (including phenoxy) is 1. The van der Waals surface area contributed by atoms with E-state index in [-0.39, 0.29) is 0 Å². The molecule has 106 valence electrons. The molecule has 1 saturated carbocycles. The molecule has 0 aromatic carbocycles. The van der Waals surface area contributed by atoms with Crippen LogP contribution in [0.3, 0.4) is 0 Å². The average molecular weight is 254 g/mol. The number of nitrogens with zero attached hydrogens (tertiary/aromatic N) is 1. The average Bonchev–Trinajstić information content (AvgIpc) is 2.85. The third kappa shape index (κ3) is 4.52. The molecule has 1 heterocycles. The summed E-state index contributed by atoms with van der Waals surface area (Å²) in [6.07, 6.45) is 9.37. The van der Waals surface area contributed by atoms with Gasteiger partial charge < -0.3 is 15.4 Å². The lowest BCUT2D eigenvalue weighted by Crippen LogP contribution is -2.38. The molecule has 3 heteroatoms. The van der Waals surface area contributed by atoms with Gasteiger partial charge in [-0.05, 0) is 57.4 Å². The molecule has 2 aliphatic rings. The summed E-state index contributed by atoms with van der Waals surface area (Å²) >= 11 is 0. The summed E-state index contributed by atoms with van der Waals surface area (Å²) in [5, 5.41) is 0. The SMILES string of the molecule is CCCN(CC1CCC(N)CC1)CC1CCCO1. The first-order valence-electron chi connectivity index (χ1n) is 7.87. The maximum atomic E-state index is 5.98. The number of hydrogen-bond donors (Lipinski definition) is 1. The Morgan fingerprint density at radius 1 is 1.11 bits per heavy atom. The Morgan fingerprint density at radius 2 is 1.89 bits per heavy atom. The quantitative estimate of drug-likeness (QED) is 0.791. The first-order chi connectivity index (χ1) is 8.78. The highest BCUT2D eigenvalue weighted by molar-refractivity contribution is 4.78. The van der Waals surface area contributed by atoms with Crippen molar-refractivity contribution in [3.05, 3.63) is 0 Å². The Morgan fingerprint density at radius 3 is 2.50 bits per heavy atom. The normalized spacial score (nSPS) is 33.2. The van der Waals surface area contributed by atoms with Gasteiger partial charge in [-0.1, -0.05) is 6.92 Å². The molecule has 0 aromatic rings. The van der Waals surface area contributed by atoms with Crippen LogP contribution in [0.25, 0.3) is 0 Å². The fraction of sp³-hybridized carbons (Fsp3) is 1.00. The van der Waals surface area contributed by atoms with Crippen molar-refractivity contribution in [2.45, 2.75) is 64.0 Å². The molecule has 0 aromatic heterocycles. The van der Waals surface area contributed by atoms with E-state index in [9.17, 15) is 0 Å². The van der Waals surface area contributed by atoms with Crippen LogP contribution in [-0.2, 0) is 4.74 Å². The van der Waals surface area contributed by atoms with Gasteiger partial charge in [-0.25, -0.2) is 0 Å². The standard InChI is InChI=1S/C15H30N2O/c1-2-9-17(12-15-4-3-10-18-15)11-13-5-7-14(16)8-6-13/h13-15H,2-12,16H2,1H3. The highest BCUT2D eigenvalue weighted by Gasteiger charge is 2.23. The first kappa shape index (κ1) is 14.3. The first-order valence-corrected chi connectivity index (χ1v) is 7.87. The van der Waals surface area contributed by atoms with Crippen LogP contribution in [0, 0.1) is 5.92 Å². The largest absolute Gasteiger partial charge is 0.377 e. The molecule has 1 unspecified atom stereocenters. The summed E-state index contributed by atoms with van der Waals surface area (Å²) in [6.45, 7) is 6.89. The molecule has 2 N–H and O–H groups in total. The third-order valence-electron chi connectivity index (χ3n) is 4.43. The molecular weight excluding hydrogens is 224 g/mol. The van der Waals surface area contributed by atoms with Gasteiger partial charge in [0.15, 0.2) is 0 Å². The minimum Gasteiger partial charge on any atom is -0.377 e. The van der Waals surface area contributed by atoms with Crippen LogP contribution < -0.4 is 5.73 Å². The van der Waals surface area contributed by atoms with Gasteiger partial charge in [-0.3, -0.25) is 0 Å². The maximum Gasteiger partial charge on any atom is 0.0702 e. The van der Waals surface area contributed by atoms with Crippen LogP contribution in [0.5, 0.6) is 0 Å². The van der Waals surface area contributed by atoms with E-state index in [1.165, 1.54) is 58.0 Å². The number of rotatable bonds is 6. The molecule has 3 nitrogen and oxygen atoms in total. The van der Waals surface area contributed by atoms with Gasteiger partial charge in [0, 0.05) is 25.7 Å². The lowest BCUT2D eigenvalue weighted by atomic mass is 9.86. The minimum absolute atomic E-state index is 0.471. The topological polar surface area (TPSA) is 38.5 Å². The highest BCUT2D eigenvalue weighted by Crippen LogP contribution is 2.24. The van der Waals surface area contributed by atoms with Crippen molar-refractivity contribution in [2.75, 3.05) is 26.2 Å². The summed E-state index contributed by atoms with van der Waals surface area (Å²) < 4.78 is 5.77. The lowest BCUT2D eigenvalue weighted by molar-refractivity contribution is 0.0643. The second kappa shape index (κ2) is 7.46. The second-order valence-electron chi connectivity index (χ2n) is 6.18. The maximum absolute atomic E-state index is 5.98. The van der Waals surface area contributed by atoms with E-state index in [1.54, 1.807) is 0 Å². The van der Waals surface area contributed by atoms with E-state index in [4.69, 9.17) is 10.5 Å². The van der Waals surface area contributed by atoms with Crippen molar-refractivity contribution in [3.63, 3.8) is 0 Å². The van der Waals surface area contributed by atoms with E-state index in [0.29, 0.717) is 12.1 Å². The van der Waals surface area contributed by atoms with Crippen LogP contribution in [-0.4, -0.2) is 43.3 Å². The molecule has 18 heavy (non-hydrogen) atoms. The summed E-state index contributed by atoms with van der Waals surface area (Å²) in [7, 11) is 0. The molecule has 1 aliphatic carbocycles. The summed E-state index contributed by atoms with van der Waals surface area (Å²) in [5.41, 5.74) is 5.98. The predicted molar refractivity (Wildman–Crippen MR) is 75.6 cm³/mol. The van der Waals surface area contributed by atoms with Crippen molar-refractivity contribution in [2.24, 2.45) is 11.7 Å². The van der Waals surface area contributed by atoms with Crippen molar-refractivity contribution >= 4 is 0 Å². The van der Waals surface area contributed by atoms with E-state index >= 15 is 0 Å². The molecule has 0 amide bonds. The summed E-state index contributed by atoms with van der Waals surface area (Å²) in [6, 6.07) is 0.471. The lowest BCUT2D eigenvalue weighted by Gasteiger charge is -2.32. The molecule has 0 spiro atoms. The van der Waals surface area contributed by atoms with Crippen molar-refractivity contribution < 1.29 is 4.74 Å². The Balaban J connectivity index is 1.74. The zero-order valence-electron chi connectivity index (χ0n) is 11.9. The van der Waals surface area contributed by atoms with Crippen molar-refractivity contribution in [1.82, 2.24) is 4.90 Å². The van der Waals surface area contributed by atoms with E-state index in [2.05, 4.69) is 11.8 Å². The van der Waals surface area contributed by atoms with Crippen molar-refractivity contribution in [1.29, 1.82) is 0 Å². The zero-order valence-corrected chi connectivity index (χ0v) is 11.9. The Kier molecular flexibility index (Phi) is 5.93. The molecule has 1 atom stereocenters. The van der Waals surface area contributed by atoms with Crippen LogP contribution in [0.15, 0.2) is 0 Å². The van der Waals surface area contributed by atoms with Gasteiger partial charge in [-0.15, -0.1) is 0 Å². The van der Waals surface area contributed by atoms with Gasteiger partial charge in [0.2, 0.25) is 0 Å². The molecule has 0 bridgehead atoms. The van der Waals surface area contributed by atoms with Gasteiger partial charge in [-0.2, -0.15) is 0 Å². The van der Waals surface area contributed by atoms with Crippen LogP contribution in [0.1, 0.15) is 51.9 Å². The van der Waals surface area contributed by atoms with E-state index < -0.39 is 0 Å². The molecular formula is C15H30N2O.